The van der Waals surface area contributed by atoms with Gasteiger partial charge in [0.1, 0.15) is 5.82 Å². The highest BCUT2D eigenvalue weighted by Crippen LogP contribution is 2.22. The van der Waals surface area contributed by atoms with E-state index in [1.807, 2.05) is 18.2 Å². The van der Waals surface area contributed by atoms with Gasteiger partial charge >= 0.3 is 0 Å². The van der Waals surface area contributed by atoms with Gasteiger partial charge in [0, 0.05) is 29.2 Å². The van der Waals surface area contributed by atoms with E-state index in [9.17, 15) is 0 Å². The molecule has 0 unspecified atom stereocenters. The number of hydrogen-bond acceptors (Lipinski definition) is 3. The molecule has 0 fully saturated rings. The molecule has 0 aliphatic heterocycles. The largest absolute Gasteiger partial charge is 0.311 e. The summed E-state index contributed by atoms with van der Waals surface area (Å²) in [5.41, 5.74) is 1.97. The van der Waals surface area contributed by atoms with Crippen molar-refractivity contribution in [3.05, 3.63) is 57.6 Å². The van der Waals surface area contributed by atoms with Crippen LogP contribution in [-0.4, -0.2) is 16.5 Å². The summed E-state index contributed by atoms with van der Waals surface area (Å²) in [4.78, 5) is 8.87. The molecule has 2 rings (SSSR count). The van der Waals surface area contributed by atoms with Gasteiger partial charge in [0.05, 0.1) is 5.69 Å². The van der Waals surface area contributed by atoms with E-state index in [0.717, 1.165) is 30.2 Å². The molecule has 0 saturated carbocycles. The Kier molecular flexibility index (Phi) is 5.97. The minimum atomic E-state index is 0.605. The summed E-state index contributed by atoms with van der Waals surface area (Å²) in [6.07, 6.45) is 2.40. The molecule has 0 aliphatic carbocycles. The van der Waals surface area contributed by atoms with Crippen LogP contribution in [0.1, 0.15) is 30.9 Å². The second-order valence-electron chi connectivity index (χ2n) is 5.40. The molecule has 5 heteroatoms. The average Bonchev–Trinajstić information content (AvgIpc) is 2.42. The first-order valence-electron chi connectivity index (χ1n) is 7.00. The third-order valence-electron chi connectivity index (χ3n) is 2.99. The van der Waals surface area contributed by atoms with Gasteiger partial charge in [-0.05, 0) is 36.2 Å². The zero-order valence-corrected chi connectivity index (χ0v) is 13.7. The summed E-state index contributed by atoms with van der Waals surface area (Å²) in [5.74, 6) is 1.39. The number of halogens is 2. The third-order valence-corrected chi connectivity index (χ3v) is 3.57. The Labute approximate surface area is 135 Å². The van der Waals surface area contributed by atoms with Gasteiger partial charge in [-0.3, -0.25) is 0 Å². The van der Waals surface area contributed by atoms with Crippen molar-refractivity contribution in [2.45, 2.75) is 26.8 Å². The van der Waals surface area contributed by atoms with Crippen molar-refractivity contribution in [2.24, 2.45) is 5.92 Å². The summed E-state index contributed by atoms with van der Waals surface area (Å²) >= 11 is 12.1. The lowest BCUT2D eigenvalue weighted by Crippen LogP contribution is -2.20. The summed E-state index contributed by atoms with van der Waals surface area (Å²) < 4.78 is 0. The van der Waals surface area contributed by atoms with E-state index in [-0.39, 0.29) is 0 Å². The van der Waals surface area contributed by atoms with E-state index in [1.54, 1.807) is 12.3 Å². The fraction of sp³-hybridized carbons (Fsp3) is 0.375. The number of hydrogen-bond donors (Lipinski definition) is 1. The van der Waals surface area contributed by atoms with Crippen molar-refractivity contribution in [1.29, 1.82) is 0 Å². The molecule has 2 aromatic rings. The first-order chi connectivity index (χ1) is 10.0. The highest BCUT2D eigenvalue weighted by molar-refractivity contribution is 6.35. The molecule has 0 amide bonds. The van der Waals surface area contributed by atoms with E-state index < -0.39 is 0 Å². The van der Waals surface area contributed by atoms with E-state index >= 15 is 0 Å². The normalized spacial score (nSPS) is 11.1. The highest BCUT2D eigenvalue weighted by atomic mass is 35.5. The maximum atomic E-state index is 6.19. The molecule has 0 radical (unpaired) electrons. The van der Waals surface area contributed by atoms with Gasteiger partial charge in [0.15, 0.2) is 0 Å². The molecule has 1 aromatic heterocycles. The second-order valence-corrected chi connectivity index (χ2v) is 6.25. The molecular formula is C16H19Cl2N3. The quantitative estimate of drug-likeness (QED) is 0.868. The average molecular weight is 324 g/mol. The van der Waals surface area contributed by atoms with Crippen LogP contribution in [0.25, 0.3) is 0 Å². The van der Waals surface area contributed by atoms with Crippen molar-refractivity contribution in [2.75, 3.05) is 6.54 Å². The molecule has 0 saturated heterocycles. The van der Waals surface area contributed by atoms with Crippen molar-refractivity contribution < 1.29 is 0 Å². The van der Waals surface area contributed by atoms with Crippen LogP contribution in [0.3, 0.4) is 0 Å². The Bertz CT molecular complexity index is 600. The van der Waals surface area contributed by atoms with Crippen LogP contribution in [0.5, 0.6) is 0 Å². The van der Waals surface area contributed by atoms with Crippen molar-refractivity contribution in [1.82, 2.24) is 15.3 Å². The van der Waals surface area contributed by atoms with Gasteiger partial charge in [0.25, 0.3) is 0 Å². The van der Waals surface area contributed by atoms with Crippen molar-refractivity contribution in [3.8, 4) is 0 Å². The first-order valence-corrected chi connectivity index (χ1v) is 7.75. The SMILES string of the molecule is CC(C)CNCc1ccnc(Cc2ccc(Cl)cc2Cl)n1. The van der Waals surface area contributed by atoms with Gasteiger partial charge in [-0.15, -0.1) is 0 Å². The molecule has 1 aromatic carbocycles. The predicted octanol–water partition coefficient (Wildman–Crippen LogP) is 4.12. The van der Waals surface area contributed by atoms with Gasteiger partial charge in [-0.1, -0.05) is 43.1 Å². The number of benzene rings is 1. The van der Waals surface area contributed by atoms with Crippen LogP contribution in [0.4, 0.5) is 0 Å². The lowest BCUT2D eigenvalue weighted by atomic mass is 10.1. The van der Waals surface area contributed by atoms with E-state index in [0.29, 0.717) is 22.4 Å². The second kappa shape index (κ2) is 7.74. The van der Waals surface area contributed by atoms with Crippen LogP contribution in [-0.2, 0) is 13.0 Å². The maximum Gasteiger partial charge on any atom is 0.133 e. The summed E-state index contributed by atoms with van der Waals surface area (Å²) in [7, 11) is 0. The van der Waals surface area contributed by atoms with E-state index in [4.69, 9.17) is 23.2 Å². The predicted molar refractivity (Wildman–Crippen MR) is 87.8 cm³/mol. The lowest BCUT2D eigenvalue weighted by Gasteiger charge is -2.08. The Hall–Kier alpha value is -1.16. The van der Waals surface area contributed by atoms with Crippen LogP contribution in [0.2, 0.25) is 10.0 Å². The minimum Gasteiger partial charge on any atom is -0.311 e. The Morgan fingerprint density at radius 1 is 1.19 bits per heavy atom. The molecule has 21 heavy (non-hydrogen) atoms. The van der Waals surface area contributed by atoms with E-state index in [1.165, 1.54) is 0 Å². The van der Waals surface area contributed by atoms with Crippen LogP contribution in [0.15, 0.2) is 30.5 Å². The summed E-state index contributed by atoms with van der Waals surface area (Å²) in [5, 5.41) is 4.66. The monoisotopic (exact) mass is 323 g/mol. The number of aromatic nitrogens is 2. The molecule has 3 nitrogen and oxygen atoms in total. The maximum absolute atomic E-state index is 6.19. The van der Waals surface area contributed by atoms with E-state index in [2.05, 4.69) is 29.1 Å². The topological polar surface area (TPSA) is 37.8 Å². The highest BCUT2D eigenvalue weighted by Gasteiger charge is 2.06. The molecule has 0 spiro atoms. The van der Waals surface area contributed by atoms with Gasteiger partial charge in [-0.2, -0.15) is 0 Å². The first kappa shape index (κ1) is 16.2. The molecule has 0 bridgehead atoms. The van der Waals surface area contributed by atoms with Crippen molar-refractivity contribution in [3.63, 3.8) is 0 Å². The molecule has 0 aliphatic rings. The molecule has 0 atom stereocenters. The Morgan fingerprint density at radius 3 is 2.71 bits per heavy atom. The van der Waals surface area contributed by atoms with Gasteiger partial charge in [0.2, 0.25) is 0 Å². The molecular weight excluding hydrogens is 305 g/mol. The summed E-state index contributed by atoms with van der Waals surface area (Å²) in [6.45, 7) is 6.09. The van der Waals surface area contributed by atoms with Gasteiger partial charge in [-0.25, -0.2) is 9.97 Å². The fourth-order valence-corrected chi connectivity index (χ4v) is 2.42. The Morgan fingerprint density at radius 2 is 2.00 bits per heavy atom. The third kappa shape index (κ3) is 5.27. The Balaban J connectivity index is 2.03. The fourth-order valence-electron chi connectivity index (χ4n) is 1.95. The lowest BCUT2D eigenvalue weighted by molar-refractivity contribution is 0.547. The zero-order valence-electron chi connectivity index (χ0n) is 12.2. The summed E-state index contributed by atoms with van der Waals surface area (Å²) in [6, 6.07) is 7.42. The molecule has 112 valence electrons. The number of nitrogens with one attached hydrogen (secondary N) is 1. The number of nitrogens with zero attached hydrogens (tertiary/aromatic N) is 2. The standard InChI is InChI=1S/C16H19Cl2N3/c1-11(2)9-19-10-14-5-6-20-16(21-14)7-12-3-4-13(17)8-15(12)18/h3-6,8,11,19H,7,9-10H2,1-2H3. The molecule has 1 N–H and O–H groups in total. The number of rotatable bonds is 6. The minimum absolute atomic E-state index is 0.605. The van der Waals surface area contributed by atoms with Crippen LogP contribution < -0.4 is 5.32 Å². The van der Waals surface area contributed by atoms with Crippen LogP contribution >= 0.6 is 23.2 Å². The molecule has 1 heterocycles. The van der Waals surface area contributed by atoms with Crippen LogP contribution in [0, 0.1) is 5.92 Å². The zero-order chi connectivity index (χ0) is 15.2. The smallest absolute Gasteiger partial charge is 0.133 e. The van der Waals surface area contributed by atoms with Gasteiger partial charge < -0.3 is 5.32 Å². The van der Waals surface area contributed by atoms with Crippen molar-refractivity contribution >= 4 is 23.2 Å².